The summed E-state index contributed by atoms with van der Waals surface area (Å²) in [5, 5.41) is 6.37. The van der Waals surface area contributed by atoms with Gasteiger partial charge < -0.3 is 20.3 Å². The van der Waals surface area contributed by atoms with E-state index in [1.165, 1.54) is 5.56 Å². The molecule has 2 aromatic rings. The average Bonchev–Trinajstić information content (AvgIpc) is 2.75. The van der Waals surface area contributed by atoms with Crippen LogP contribution in [-0.4, -0.2) is 54.2 Å². The number of benzene rings is 1. The number of amides is 2. The van der Waals surface area contributed by atoms with E-state index in [0.717, 1.165) is 18.7 Å². The number of hydrogen-bond acceptors (Lipinski definition) is 5. The number of likely N-dealkylation sites (tertiary alicyclic amines) is 1. The molecule has 1 aliphatic rings. The van der Waals surface area contributed by atoms with Gasteiger partial charge >= 0.3 is 6.09 Å². The lowest BCUT2D eigenvalue weighted by atomic mass is 10.1. The highest BCUT2D eigenvalue weighted by Crippen LogP contribution is 2.13. The molecule has 2 amide bonds. The molecule has 1 saturated heterocycles. The van der Waals surface area contributed by atoms with Crippen LogP contribution in [0.2, 0.25) is 0 Å². The van der Waals surface area contributed by atoms with E-state index >= 15 is 0 Å². The van der Waals surface area contributed by atoms with E-state index in [0.29, 0.717) is 38.2 Å². The molecule has 0 spiro atoms. The highest BCUT2D eigenvalue weighted by Gasteiger charge is 2.25. The summed E-state index contributed by atoms with van der Waals surface area (Å²) in [7, 11) is 0. The molecule has 3 rings (SSSR count). The van der Waals surface area contributed by atoms with Crippen molar-refractivity contribution in [2.24, 2.45) is 0 Å². The van der Waals surface area contributed by atoms with Crippen molar-refractivity contribution in [1.29, 1.82) is 0 Å². The van der Waals surface area contributed by atoms with Crippen LogP contribution in [-0.2, 0) is 11.2 Å². The van der Waals surface area contributed by atoms with Gasteiger partial charge in [0.25, 0.3) is 5.91 Å². The minimum Gasteiger partial charge on any atom is -0.450 e. The minimum absolute atomic E-state index is 0.0321. The Hall–Kier alpha value is -3.09. The predicted molar refractivity (Wildman–Crippen MR) is 112 cm³/mol. The zero-order chi connectivity index (χ0) is 20.5. The number of ether oxygens (including phenoxy) is 1. The summed E-state index contributed by atoms with van der Waals surface area (Å²) in [5.41, 5.74) is 2.53. The van der Waals surface area contributed by atoms with E-state index in [1.807, 2.05) is 24.3 Å². The van der Waals surface area contributed by atoms with Crippen molar-refractivity contribution >= 4 is 17.7 Å². The van der Waals surface area contributed by atoms with Gasteiger partial charge in [-0.15, -0.1) is 0 Å². The third kappa shape index (κ3) is 6.20. The molecule has 154 valence electrons. The van der Waals surface area contributed by atoms with E-state index < -0.39 is 0 Å². The quantitative estimate of drug-likeness (QED) is 0.751. The van der Waals surface area contributed by atoms with Crippen LogP contribution in [0, 0.1) is 0 Å². The average molecular weight is 396 g/mol. The van der Waals surface area contributed by atoms with Gasteiger partial charge in [-0.3, -0.25) is 9.78 Å². The maximum atomic E-state index is 12.6. The van der Waals surface area contributed by atoms with E-state index in [1.54, 1.807) is 24.1 Å². The molecule has 1 fully saturated rings. The molecule has 2 N–H and O–H groups in total. The number of pyridine rings is 1. The first kappa shape index (κ1) is 20.6. The summed E-state index contributed by atoms with van der Waals surface area (Å²) in [6.07, 6.45) is 3.68. The predicted octanol–water partition coefficient (Wildman–Crippen LogP) is 3.09. The van der Waals surface area contributed by atoms with Crippen molar-refractivity contribution in [3.63, 3.8) is 0 Å². The Balaban J connectivity index is 1.46. The summed E-state index contributed by atoms with van der Waals surface area (Å²) in [6, 6.07) is 13.9. The van der Waals surface area contributed by atoms with Gasteiger partial charge in [-0.2, -0.15) is 0 Å². The Kier molecular flexibility index (Phi) is 7.44. The minimum atomic E-state index is -0.284. The topological polar surface area (TPSA) is 83.6 Å². The molecule has 0 unspecified atom stereocenters. The number of piperidine rings is 1. The van der Waals surface area contributed by atoms with Gasteiger partial charge in [0.2, 0.25) is 0 Å². The summed E-state index contributed by atoms with van der Waals surface area (Å²) in [6.45, 7) is 4.11. The Bertz CT molecular complexity index is 805. The van der Waals surface area contributed by atoms with Crippen LogP contribution < -0.4 is 10.6 Å². The van der Waals surface area contributed by atoms with Crippen LogP contribution in [0.15, 0.2) is 48.7 Å². The molecular weight excluding hydrogens is 368 g/mol. The van der Waals surface area contributed by atoms with Crippen LogP contribution in [0.3, 0.4) is 0 Å². The van der Waals surface area contributed by atoms with Crippen LogP contribution in [0.4, 0.5) is 10.5 Å². The molecule has 2 heterocycles. The normalized spacial score (nSPS) is 14.3. The molecule has 7 nitrogen and oxygen atoms in total. The van der Waals surface area contributed by atoms with Gasteiger partial charge in [0, 0.05) is 37.6 Å². The number of aromatic nitrogens is 1. The summed E-state index contributed by atoms with van der Waals surface area (Å²) < 4.78 is 5.02. The molecule has 1 aromatic heterocycles. The molecule has 0 radical (unpaired) electrons. The van der Waals surface area contributed by atoms with Crippen LogP contribution in [0.1, 0.15) is 35.8 Å². The standard InChI is InChI=1S/C22H28N4O3/c1-2-29-22(28)26-14-10-18(11-15-26)25-21(27)20-16-19(9-13-24-20)23-12-8-17-6-4-3-5-7-17/h3-7,9,13,16,18H,2,8,10-12,14-15H2,1H3,(H,23,24)(H,25,27). The number of nitrogens with one attached hydrogen (secondary N) is 2. The second kappa shape index (κ2) is 10.5. The fourth-order valence-electron chi connectivity index (χ4n) is 3.34. The molecule has 0 atom stereocenters. The number of rotatable bonds is 7. The van der Waals surface area contributed by atoms with Crippen LogP contribution in [0.25, 0.3) is 0 Å². The third-order valence-corrected chi connectivity index (χ3v) is 4.93. The van der Waals surface area contributed by atoms with Crippen molar-refractivity contribution in [1.82, 2.24) is 15.2 Å². The molecule has 0 aliphatic carbocycles. The highest BCUT2D eigenvalue weighted by atomic mass is 16.6. The molecular formula is C22H28N4O3. The first-order valence-electron chi connectivity index (χ1n) is 10.1. The van der Waals surface area contributed by atoms with Gasteiger partial charge in [-0.25, -0.2) is 4.79 Å². The Morgan fingerprint density at radius 3 is 2.66 bits per heavy atom. The number of carbonyl (C=O) groups is 2. The van der Waals surface area contributed by atoms with Crippen LogP contribution >= 0.6 is 0 Å². The highest BCUT2D eigenvalue weighted by molar-refractivity contribution is 5.93. The fourth-order valence-corrected chi connectivity index (χ4v) is 3.34. The molecule has 1 aromatic carbocycles. The number of anilines is 1. The monoisotopic (exact) mass is 396 g/mol. The summed E-state index contributed by atoms with van der Waals surface area (Å²) in [4.78, 5) is 30.2. The van der Waals surface area contributed by atoms with Crippen molar-refractivity contribution in [3.8, 4) is 0 Å². The number of carbonyl (C=O) groups excluding carboxylic acids is 2. The van der Waals surface area contributed by atoms with Gasteiger partial charge in [0.1, 0.15) is 5.69 Å². The largest absolute Gasteiger partial charge is 0.450 e. The van der Waals surface area contributed by atoms with Gasteiger partial charge in [0.05, 0.1) is 6.61 Å². The molecule has 7 heteroatoms. The Labute approximate surface area is 171 Å². The molecule has 1 aliphatic heterocycles. The van der Waals surface area contributed by atoms with Crippen LogP contribution in [0.5, 0.6) is 0 Å². The van der Waals surface area contributed by atoms with E-state index in [-0.39, 0.29) is 18.0 Å². The first-order chi connectivity index (χ1) is 14.2. The van der Waals surface area contributed by atoms with E-state index in [9.17, 15) is 9.59 Å². The van der Waals surface area contributed by atoms with Gasteiger partial charge in [0.15, 0.2) is 0 Å². The molecule has 0 saturated carbocycles. The molecule has 0 bridgehead atoms. The smallest absolute Gasteiger partial charge is 0.409 e. The summed E-state index contributed by atoms with van der Waals surface area (Å²) in [5.74, 6) is -0.189. The lowest BCUT2D eigenvalue weighted by molar-refractivity contribution is 0.0856. The van der Waals surface area contributed by atoms with Crippen molar-refractivity contribution < 1.29 is 14.3 Å². The fraction of sp³-hybridized carbons (Fsp3) is 0.409. The Morgan fingerprint density at radius 2 is 1.93 bits per heavy atom. The maximum absolute atomic E-state index is 12.6. The second-order valence-electron chi connectivity index (χ2n) is 7.03. The van der Waals surface area contributed by atoms with Crippen molar-refractivity contribution in [3.05, 3.63) is 59.9 Å². The van der Waals surface area contributed by atoms with Crippen molar-refractivity contribution in [2.45, 2.75) is 32.2 Å². The molecule has 29 heavy (non-hydrogen) atoms. The maximum Gasteiger partial charge on any atom is 0.409 e. The SMILES string of the molecule is CCOC(=O)N1CCC(NC(=O)c2cc(NCCc3ccccc3)ccn2)CC1. The van der Waals surface area contributed by atoms with Gasteiger partial charge in [-0.1, -0.05) is 30.3 Å². The lowest BCUT2D eigenvalue weighted by Gasteiger charge is -2.31. The number of nitrogens with zero attached hydrogens (tertiary/aromatic N) is 2. The Morgan fingerprint density at radius 1 is 1.17 bits per heavy atom. The second-order valence-corrected chi connectivity index (χ2v) is 7.03. The van der Waals surface area contributed by atoms with Gasteiger partial charge in [-0.05, 0) is 43.9 Å². The van der Waals surface area contributed by atoms with Crippen molar-refractivity contribution in [2.75, 3.05) is 31.6 Å². The lowest BCUT2D eigenvalue weighted by Crippen LogP contribution is -2.46. The van der Waals surface area contributed by atoms with E-state index in [4.69, 9.17) is 4.74 Å². The summed E-state index contributed by atoms with van der Waals surface area (Å²) >= 11 is 0. The van der Waals surface area contributed by atoms with E-state index in [2.05, 4.69) is 27.8 Å². The zero-order valence-corrected chi connectivity index (χ0v) is 16.8. The zero-order valence-electron chi connectivity index (χ0n) is 16.8. The third-order valence-electron chi connectivity index (χ3n) is 4.93. The number of hydrogen-bond donors (Lipinski definition) is 2. The first-order valence-corrected chi connectivity index (χ1v) is 10.1.